The lowest BCUT2D eigenvalue weighted by Gasteiger charge is -2.26. The summed E-state index contributed by atoms with van der Waals surface area (Å²) in [6.45, 7) is 4.72. The maximum absolute atomic E-state index is 13.6. The molecule has 6 nitrogen and oxygen atoms in total. The van der Waals surface area contributed by atoms with Crippen molar-refractivity contribution in [2.45, 2.75) is 44.3 Å². The Hall–Kier alpha value is -3.24. The number of hydrogen-bond donors (Lipinski definition) is 1. The van der Waals surface area contributed by atoms with Crippen LogP contribution >= 0.6 is 11.6 Å². The van der Waals surface area contributed by atoms with Crippen molar-refractivity contribution in [3.63, 3.8) is 0 Å². The van der Waals surface area contributed by atoms with Crippen LogP contribution in [0.1, 0.15) is 41.6 Å². The number of anilines is 1. The zero-order chi connectivity index (χ0) is 28.3. The third kappa shape index (κ3) is 6.60. The fourth-order valence-electron chi connectivity index (χ4n) is 3.95. The van der Waals surface area contributed by atoms with Gasteiger partial charge >= 0.3 is 6.18 Å². The quantitative estimate of drug-likeness (QED) is 0.322. The Kier molecular flexibility index (Phi) is 8.99. The molecule has 38 heavy (non-hydrogen) atoms. The Labute approximate surface area is 225 Å². The Morgan fingerprint density at radius 2 is 1.71 bits per heavy atom. The number of hydrogen-bond acceptors (Lipinski definition) is 4. The highest BCUT2D eigenvalue weighted by molar-refractivity contribution is 7.92. The van der Waals surface area contributed by atoms with E-state index in [-0.39, 0.29) is 10.6 Å². The number of ether oxygens (including phenoxy) is 1. The van der Waals surface area contributed by atoms with Crippen molar-refractivity contribution >= 4 is 33.2 Å². The van der Waals surface area contributed by atoms with Crippen LogP contribution in [-0.4, -0.2) is 28.0 Å². The molecule has 204 valence electrons. The summed E-state index contributed by atoms with van der Waals surface area (Å²) in [6, 6.07) is 13.5. The Balaban J connectivity index is 2.00. The first-order valence-electron chi connectivity index (χ1n) is 11.7. The standard InChI is InChI=1S/C27H28ClF3N2O4S/c1-5-24(19-8-13-25(37-4)18(3)14-19)32-26(34)16-33(38(35,36)21-10-6-17(2)7-11-21)20-9-12-23(28)22(15-20)27(29,30)31/h6-15,24H,5,16H2,1-4H3,(H,32,34)/t24-/m0/s1. The van der Waals surface area contributed by atoms with Crippen molar-refractivity contribution in [2.75, 3.05) is 18.0 Å². The van der Waals surface area contributed by atoms with Crippen LogP contribution in [0.15, 0.2) is 65.6 Å². The molecule has 1 atom stereocenters. The second kappa shape index (κ2) is 11.7. The molecule has 1 N–H and O–H groups in total. The Morgan fingerprint density at radius 3 is 2.26 bits per heavy atom. The molecule has 11 heteroatoms. The van der Waals surface area contributed by atoms with E-state index in [1.807, 2.05) is 19.9 Å². The molecular formula is C27H28ClF3N2O4S. The minimum atomic E-state index is -4.83. The van der Waals surface area contributed by atoms with Gasteiger partial charge in [-0.15, -0.1) is 0 Å². The van der Waals surface area contributed by atoms with Crippen LogP contribution in [0.2, 0.25) is 5.02 Å². The van der Waals surface area contributed by atoms with Gasteiger partial charge in [0.25, 0.3) is 10.0 Å². The van der Waals surface area contributed by atoms with Gasteiger partial charge < -0.3 is 10.1 Å². The van der Waals surface area contributed by atoms with Crippen molar-refractivity contribution in [3.8, 4) is 5.75 Å². The number of methoxy groups -OCH3 is 1. The molecule has 0 saturated heterocycles. The number of nitrogens with one attached hydrogen (secondary N) is 1. The van der Waals surface area contributed by atoms with Crippen molar-refractivity contribution in [1.82, 2.24) is 5.32 Å². The van der Waals surface area contributed by atoms with Crippen LogP contribution in [0, 0.1) is 13.8 Å². The van der Waals surface area contributed by atoms with Crippen molar-refractivity contribution < 1.29 is 31.1 Å². The van der Waals surface area contributed by atoms with Crippen LogP contribution in [0.4, 0.5) is 18.9 Å². The van der Waals surface area contributed by atoms with Crippen LogP contribution in [0.3, 0.4) is 0 Å². The third-order valence-corrected chi connectivity index (χ3v) is 8.12. The lowest BCUT2D eigenvalue weighted by molar-refractivity contribution is -0.137. The van der Waals surface area contributed by atoms with E-state index in [1.54, 1.807) is 38.3 Å². The van der Waals surface area contributed by atoms with Gasteiger partial charge in [0.2, 0.25) is 5.91 Å². The predicted octanol–water partition coefficient (Wildman–Crippen LogP) is 6.45. The van der Waals surface area contributed by atoms with Gasteiger partial charge in [-0.2, -0.15) is 13.2 Å². The zero-order valence-electron chi connectivity index (χ0n) is 21.3. The minimum Gasteiger partial charge on any atom is -0.496 e. The predicted molar refractivity (Wildman–Crippen MR) is 141 cm³/mol. The van der Waals surface area contributed by atoms with Gasteiger partial charge in [-0.25, -0.2) is 8.42 Å². The highest BCUT2D eigenvalue weighted by atomic mass is 35.5. The fourth-order valence-corrected chi connectivity index (χ4v) is 5.59. The number of sulfonamides is 1. The summed E-state index contributed by atoms with van der Waals surface area (Å²) >= 11 is 5.75. The average Bonchev–Trinajstić information content (AvgIpc) is 2.85. The first-order valence-corrected chi connectivity index (χ1v) is 13.5. The maximum Gasteiger partial charge on any atom is 0.417 e. The summed E-state index contributed by atoms with van der Waals surface area (Å²) in [5.41, 5.74) is 0.867. The second-order valence-corrected chi connectivity index (χ2v) is 11.0. The molecule has 0 bridgehead atoms. The molecule has 1 amide bonds. The fraction of sp³-hybridized carbons (Fsp3) is 0.296. The molecule has 0 aliphatic rings. The van der Waals surface area contributed by atoms with E-state index < -0.39 is 45.3 Å². The van der Waals surface area contributed by atoms with E-state index in [2.05, 4.69) is 5.32 Å². The van der Waals surface area contributed by atoms with E-state index >= 15 is 0 Å². The number of aryl methyl sites for hydroxylation is 2. The van der Waals surface area contributed by atoms with Gasteiger partial charge in [0.1, 0.15) is 12.3 Å². The van der Waals surface area contributed by atoms with Gasteiger partial charge in [0.15, 0.2) is 0 Å². The summed E-state index contributed by atoms with van der Waals surface area (Å²) in [4.78, 5) is 13.0. The number of carbonyl (C=O) groups excluding carboxylic acids is 1. The van der Waals surface area contributed by atoms with E-state index in [0.29, 0.717) is 22.5 Å². The van der Waals surface area contributed by atoms with E-state index in [0.717, 1.165) is 28.8 Å². The molecular weight excluding hydrogens is 541 g/mol. The van der Waals surface area contributed by atoms with Crippen molar-refractivity contribution in [1.29, 1.82) is 0 Å². The van der Waals surface area contributed by atoms with Crippen LogP contribution < -0.4 is 14.4 Å². The average molecular weight is 569 g/mol. The van der Waals surface area contributed by atoms with Crippen molar-refractivity contribution in [2.24, 2.45) is 0 Å². The van der Waals surface area contributed by atoms with Crippen LogP contribution in [0.5, 0.6) is 5.75 Å². The second-order valence-electron chi connectivity index (χ2n) is 8.74. The molecule has 3 aromatic carbocycles. The molecule has 0 aromatic heterocycles. The normalized spacial score (nSPS) is 12.6. The van der Waals surface area contributed by atoms with E-state index in [4.69, 9.17) is 16.3 Å². The van der Waals surface area contributed by atoms with Gasteiger partial charge in [0, 0.05) is 0 Å². The first-order chi connectivity index (χ1) is 17.8. The summed E-state index contributed by atoms with van der Waals surface area (Å²) in [7, 11) is -2.87. The lowest BCUT2D eigenvalue weighted by atomic mass is 10.0. The number of benzene rings is 3. The molecule has 0 unspecified atom stereocenters. The number of alkyl halides is 3. The van der Waals surface area contributed by atoms with Gasteiger partial charge in [-0.05, 0) is 67.8 Å². The third-order valence-electron chi connectivity index (χ3n) is 6.00. The Morgan fingerprint density at radius 1 is 1.05 bits per heavy atom. The molecule has 3 rings (SSSR count). The van der Waals surface area contributed by atoms with Crippen molar-refractivity contribution in [3.05, 3.63) is 87.9 Å². The van der Waals surface area contributed by atoms with Gasteiger partial charge in [-0.1, -0.05) is 48.4 Å². The van der Waals surface area contributed by atoms with E-state index in [9.17, 15) is 26.4 Å². The number of nitrogens with zero attached hydrogens (tertiary/aromatic N) is 1. The molecule has 0 saturated carbocycles. The van der Waals surface area contributed by atoms with Gasteiger partial charge in [-0.3, -0.25) is 9.10 Å². The lowest BCUT2D eigenvalue weighted by Crippen LogP contribution is -2.42. The topological polar surface area (TPSA) is 75.7 Å². The number of carbonyl (C=O) groups is 1. The molecule has 0 aliphatic heterocycles. The molecule has 0 aliphatic carbocycles. The number of halogens is 4. The molecule has 0 spiro atoms. The van der Waals surface area contributed by atoms with Crippen LogP contribution in [0.25, 0.3) is 0 Å². The summed E-state index contributed by atoms with van der Waals surface area (Å²) in [5.74, 6) is -0.0157. The maximum atomic E-state index is 13.6. The summed E-state index contributed by atoms with van der Waals surface area (Å²) in [6.07, 6.45) is -4.34. The zero-order valence-corrected chi connectivity index (χ0v) is 22.8. The molecule has 3 aromatic rings. The molecule has 0 fully saturated rings. The monoisotopic (exact) mass is 568 g/mol. The first kappa shape index (κ1) is 29.3. The summed E-state index contributed by atoms with van der Waals surface area (Å²) in [5, 5.41) is 2.22. The molecule has 0 radical (unpaired) electrons. The molecule has 0 heterocycles. The number of rotatable bonds is 9. The number of amides is 1. The Bertz CT molecular complexity index is 1410. The van der Waals surface area contributed by atoms with E-state index in [1.165, 1.54) is 12.1 Å². The highest BCUT2D eigenvalue weighted by Gasteiger charge is 2.35. The largest absolute Gasteiger partial charge is 0.496 e. The SMILES string of the molecule is CC[C@H](NC(=O)CN(c1ccc(Cl)c(C(F)(F)F)c1)S(=O)(=O)c1ccc(C)cc1)c1ccc(OC)c(C)c1. The summed E-state index contributed by atoms with van der Waals surface area (Å²) < 4.78 is 73.8. The van der Waals surface area contributed by atoms with Gasteiger partial charge in [0.05, 0.1) is 34.3 Å². The van der Waals surface area contributed by atoms with Crippen LogP contribution in [-0.2, 0) is 21.0 Å². The minimum absolute atomic E-state index is 0.169. The smallest absolute Gasteiger partial charge is 0.417 e. The highest BCUT2D eigenvalue weighted by Crippen LogP contribution is 2.38.